The van der Waals surface area contributed by atoms with E-state index in [1.807, 2.05) is 0 Å². The minimum Gasteiger partial charge on any atom is -0.371 e. The van der Waals surface area contributed by atoms with Crippen LogP contribution in [0.5, 0.6) is 0 Å². The predicted molar refractivity (Wildman–Crippen MR) is 71.1 cm³/mol. The first kappa shape index (κ1) is 13.3. The molecule has 0 aromatic carbocycles. The lowest BCUT2D eigenvalue weighted by Crippen LogP contribution is -2.37. The third kappa shape index (κ3) is 3.67. The van der Waals surface area contributed by atoms with Gasteiger partial charge in [0.15, 0.2) is 0 Å². The maximum Gasteiger partial charge on any atom is 0.0710 e. The van der Waals surface area contributed by atoms with E-state index in [-0.39, 0.29) is 5.60 Å². The molecule has 0 radical (unpaired) electrons. The zero-order valence-electron chi connectivity index (χ0n) is 11.5. The maximum absolute atomic E-state index is 6.10. The molecule has 0 saturated carbocycles. The standard InChI is InChI=1S/C14H28N2O/c1-14(2)8-7-13(17-14)11-16-10-4-6-12(16)5-3-9-15/h12-13H,3-11,15H2,1-2H3. The van der Waals surface area contributed by atoms with Crippen molar-refractivity contribution in [3.8, 4) is 0 Å². The van der Waals surface area contributed by atoms with Crippen molar-refractivity contribution in [1.82, 2.24) is 4.90 Å². The van der Waals surface area contributed by atoms with Crippen LogP contribution in [-0.2, 0) is 4.74 Å². The summed E-state index contributed by atoms with van der Waals surface area (Å²) in [4.78, 5) is 2.64. The van der Waals surface area contributed by atoms with Gasteiger partial charge in [0.1, 0.15) is 0 Å². The van der Waals surface area contributed by atoms with Crippen molar-refractivity contribution in [2.24, 2.45) is 5.73 Å². The first-order valence-corrected chi connectivity index (χ1v) is 7.23. The second kappa shape index (κ2) is 5.68. The van der Waals surface area contributed by atoms with Gasteiger partial charge in [-0.05, 0) is 65.5 Å². The Morgan fingerprint density at radius 3 is 2.82 bits per heavy atom. The molecule has 2 aliphatic heterocycles. The van der Waals surface area contributed by atoms with Gasteiger partial charge in [0.2, 0.25) is 0 Å². The lowest BCUT2D eigenvalue weighted by atomic mass is 10.0. The van der Waals surface area contributed by atoms with Crippen molar-refractivity contribution in [1.29, 1.82) is 0 Å². The fourth-order valence-corrected chi connectivity index (χ4v) is 3.28. The molecule has 0 aliphatic carbocycles. The van der Waals surface area contributed by atoms with E-state index >= 15 is 0 Å². The van der Waals surface area contributed by atoms with E-state index in [9.17, 15) is 0 Å². The van der Waals surface area contributed by atoms with Gasteiger partial charge in [0.05, 0.1) is 11.7 Å². The Kier molecular flexibility index (Phi) is 4.45. The molecule has 0 amide bonds. The van der Waals surface area contributed by atoms with Crippen molar-refractivity contribution in [2.75, 3.05) is 19.6 Å². The van der Waals surface area contributed by atoms with Gasteiger partial charge in [-0.15, -0.1) is 0 Å². The van der Waals surface area contributed by atoms with Crippen molar-refractivity contribution >= 4 is 0 Å². The van der Waals surface area contributed by atoms with Crippen LogP contribution in [0.2, 0.25) is 0 Å². The summed E-state index contributed by atoms with van der Waals surface area (Å²) >= 11 is 0. The monoisotopic (exact) mass is 240 g/mol. The number of ether oxygens (including phenoxy) is 1. The SMILES string of the molecule is CC1(C)CCC(CN2CCCC2CCCN)O1. The number of rotatable bonds is 5. The fourth-order valence-electron chi connectivity index (χ4n) is 3.28. The average Bonchev–Trinajstić information content (AvgIpc) is 2.83. The molecule has 2 rings (SSSR count). The zero-order chi connectivity index (χ0) is 12.3. The Morgan fingerprint density at radius 1 is 1.35 bits per heavy atom. The molecule has 100 valence electrons. The van der Waals surface area contributed by atoms with E-state index < -0.39 is 0 Å². The molecule has 3 nitrogen and oxygen atoms in total. The zero-order valence-corrected chi connectivity index (χ0v) is 11.5. The molecule has 2 atom stereocenters. The molecule has 3 heteroatoms. The normalized spacial score (nSPS) is 33.4. The first-order valence-electron chi connectivity index (χ1n) is 7.23. The number of hydrogen-bond acceptors (Lipinski definition) is 3. The second-order valence-corrected chi connectivity index (χ2v) is 6.26. The molecule has 2 saturated heterocycles. The van der Waals surface area contributed by atoms with Crippen LogP contribution in [0, 0.1) is 0 Å². The number of likely N-dealkylation sites (tertiary alicyclic amines) is 1. The molecule has 2 heterocycles. The van der Waals surface area contributed by atoms with E-state index in [4.69, 9.17) is 10.5 Å². The van der Waals surface area contributed by atoms with Gasteiger partial charge < -0.3 is 10.5 Å². The molecule has 17 heavy (non-hydrogen) atoms. The van der Waals surface area contributed by atoms with Crippen LogP contribution in [-0.4, -0.2) is 42.3 Å². The number of hydrogen-bond donors (Lipinski definition) is 1. The van der Waals surface area contributed by atoms with Crippen LogP contribution in [0.1, 0.15) is 52.4 Å². The van der Waals surface area contributed by atoms with Crippen LogP contribution >= 0.6 is 0 Å². The van der Waals surface area contributed by atoms with Gasteiger partial charge >= 0.3 is 0 Å². The van der Waals surface area contributed by atoms with Crippen LogP contribution < -0.4 is 5.73 Å². The minimum absolute atomic E-state index is 0.108. The summed E-state index contributed by atoms with van der Waals surface area (Å²) in [5, 5.41) is 0. The lowest BCUT2D eigenvalue weighted by Gasteiger charge is -2.28. The summed E-state index contributed by atoms with van der Waals surface area (Å²) in [6.07, 6.45) is 8.04. The summed E-state index contributed by atoms with van der Waals surface area (Å²) in [5.41, 5.74) is 5.72. The highest BCUT2D eigenvalue weighted by atomic mass is 16.5. The molecular formula is C14H28N2O. The highest BCUT2D eigenvalue weighted by molar-refractivity contribution is 4.86. The van der Waals surface area contributed by atoms with Gasteiger partial charge in [-0.25, -0.2) is 0 Å². The number of nitrogens with zero attached hydrogens (tertiary/aromatic N) is 1. The summed E-state index contributed by atoms with van der Waals surface area (Å²) < 4.78 is 6.10. The third-order valence-electron chi connectivity index (χ3n) is 4.23. The second-order valence-electron chi connectivity index (χ2n) is 6.26. The van der Waals surface area contributed by atoms with Crippen LogP contribution in [0.25, 0.3) is 0 Å². The smallest absolute Gasteiger partial charge is 0.0710 e. The maximum atomic E-state index is 6.10. The molecular weight excluding hydrogens is 212 g/mol. The molecule has 0 aromatic heterocycles. The Bertz CT molecular complexity index is 242. The van der Waals surface area contributed by atoms with E-state index in [1.165, 1.54) is 38.6 Å². The fraction of sp³-hybridized carbons (Fsp3) is 1.00. The molecule has 2 fully saturated rings. The Labute approximate surface area is 106 Å². The van der Waals surface area contributed by atoms with Crippen molar-refractivity contribution in [3.05, 3.63) is 0 Å². The third-order valence-corrected chi connectivity index (χ3v) is 4.23. The number of nitrogens with two attached hydrogens (primary N) is 1. The van der Waals surface area contributed by atoms with E-state index in [1.54, 1.807) is 0 Å². The topological polar surface area (TPSA) is 38.5 Å². The molecule has 2 aliphatic rings. The Hall–Kier alpha value is -0.120. The average molecular weight is 240 g/mol. The summed E-state index contributed by atoms with van der Waals surface area (Å²) in [6, 6.07) is 0.769. The van der Waals surface area contributed by atoms with Crippen LogP contribution in [0.3, 0.4) is 0 Å². The van der Waals surface area contributed by atoms with Gasteiger partial charge in [-0.1, -0.05) is 0 Å². The molecule has 2 N–H and O–H groups in total. The van der Waals surface area contributed by atoms with Gasteiger partial charge in [0.25, 0.3) is 0 Å². The lowest BCUT2D eigenvalue weighted by molar-refractivity contribution is -0.0304. The largest absolute Gasteiger partial charge is 0.371 e. The summed E-state index contributed by atoms with van der Waals surface area (Å²) in [5.74, 6) is 0. The molecule has 0 aromatic rings. The summed E-state index contributed by atoms with van der Waals surface area (Å²) in [7, 11) is 0. The highest BCUT2D eigenvalue weighted by Gasteiger charge is 2.34. The van der Waals surface area contributed by atoms with Gasteiger partial charge in [0, 0.05) is 12.6 Å². The Morgan fingerprint density at radius 2 is 2.18 bits per heavy atom. The predicted octanol–water partition coefficient (Wildman–Crippen LogP) is 2.15. The molecule has 0 spiro atoms. The molecule has 2 unspecified atom stereocenters. The van der Waals surface area contributed by atoms with Crippen LogP contribution in [0.4, 0.5) is 0 Å². The highest BCUT2D eigenvalue weighted by Crippen LogP contribution is 2.31. The van der Waals surface area contributed by atoms with Crippen molar-refractivity contribution < 1.29 is 4.74 Å². The Balaban J connectivity index is 1.78. The van der Waals surface area contributed by atoms with E-state index in [2.05, 4.69) is 18.7 Å². The van der Waals surface area contributed by atoms with Gasteiger partial charge in [-0.3, -0.25) is 4.90 Å². The summed E-state index contributed by atoms with van der Waals surface area (Å²) in [6.45, 7) is 7.65. The van der Waals surface area contributed by atoms with Crippen molar-refractivity contribution in [3.63, 3.8) is 0 Å². The van der Waals surface area contributed by atoms with E-state index in [0.717, 1.165) is 25.6 Å². The minimum atomic E-state index is 0.108. The quantitative estimate of drug-likeness (QED) is 0.800. The van der Waals surface area contributed by atoms with Gasteiger partial charge in [-0.2, -0.15) is 0 Å². The molecule has 0 bridgehead atoms. The van der Waals surface area contributed by atoms with Crippen LogP contribution in [0.15, 0.2) is 0 Å². The van der Waals surface area contributed by atoms with Crippen molar-refractivity contribution in [2.45, 2.75) is 70.1 Å². The van der Waals surface area contributed by atoms with E-state index in [0.29, 0.717) is 6.10 Å². The first-order chi connectivity index (χ1) is 8.11.